The van der Waals surface area contributed by atoms with Crippen molar-refractivity contribution >= 4 is 65.4 Å². The van der Waals surface area contributed by atoms with Gasteiger partial charge in [0.05, 0.1) is 0 Å². The summed E-state index contributed by atoms with van der Waals surface area (Å²) in [5.41, 5.74) is 1.36. The summed E-state index contributed by atoms with van der Waals surface area (Å²) in [5.74, 6) is 0. The lowest BCUT2D eigenvalue weighted by atomic mass is 10.1. The third-order valence-corrected chi connectivity index (χ3v) is 7.12. The molecular weight excluding hydrogens is 448 g/mol. The van der Waals surface area contributed by atoms with Crippen molar-refractivity contribution in [1.29, 1.82) is 0 Å². The molecule has 2 heterocycles. The van der Waals surface area contributed by atoms with E-state index in [-0.39, 0.29) is 18.9 Å². The van der Waals surface area contributed by atoms with E-state index in [1.807, 2.05) is 0 Å². The van der Waals surface area contributed by atoms with Crippen LogP contribution < -0.4 is 10.3 Å². The van der Waals surface area contributed by atoms with Crippen LogP contribution in [0.5, 0.6) is 0 Å². The molecule has 0 fully saturated rings. The Balaban J connectivity index is 1.75. The molecule has 146 valence electrons. The first kappa shape index (κ1) is 20.2. The molecule has 2 aromatic heterocycles. The lowest BCUT2D eigenvalue weighted by Gasteiger charge is -1.95. The summed E-state index contributed by atoms with van der Waals surface area (Å²) < 4.78 is 44.1. The van der Waals surface area contributed by atoms with E-state index >= 15 is 0 Å². The molecule has 0 radical (unpaired) electrons. The van der Waals surface area contributed by atoms with Gasteiger partial charge in [-0.2, -0.15) is 0 Å². The molecule has 0 aliphatic heterocycles. The van der Waals surface area contributed by atoms with Gasteiger partial charge in [-0.05, 0) is 17.2 Å². The zero-order valence-electron chi connectivity index (χ0n) is 13.6. The smallest absolute Gasteiger partial charge is 0.226 e. The quantitative estimate of drug-likeness (QED) is 0.488. The third-order valence-electron chi connectivity index (χ3n) is 2.84. The highest BCUT2D eigenvalue weighted by Crippen LogP contribution is 2.22. The average Bonchev–Trinajstić information content (AvgIpc) is 3.27. The van der Waals surface area contributed by atoms with Crippen molar-refractivity contribution in [2.45, 2.75) is 8.68 Å². The molecule has 3 rings (SSSR count). The second-order valence-corrected chi connectivity index (χ2v) is 10.4. The van der Waals surface area contributed by atoms with Gasteiger partial charge < -0.3 is 0 Å². The molecule has 0 atom stereocenters. The lowest BCUT2D eigenvalue weighted by Crippen LogP contribution is -2.11. The topological polar surface area (TPSA) is 197 Å². The number of aliphatic imine (C=N–C) groups is 2. The predicted molar refractivity (Wildman–Crippen MR) is 104 cm³/mol. The Bertz CT molecular complexity index is 1180. The normalized spacial score (nSPS) is 12.9. The van der Waals surface area contributed by atoms with Gasteiger partial charge in [0.25, 0.3) is 20.0 Å². The van der Waals surface area contributed by atoms with Crippen molar-refractivity contribution in [2.24, 2.45) is 20.3 Å². The van der Waals surface area contributed by atoms with Crippen LogP contribution in [0.2, 0.25) is 0 Å². The SMILES string of the molecule is NS(=O)(=O)c1nnc(N=Cc2cccc(C=Nc3nnc(S(N)(=O)=O)s3)c2)s1. The van der Waals surface area contributed by atoms with Crippen molar-refractivity contribution in [3.05, 3.63) is 35.4 Å². The molecule has 16 heteroatoms. The van der Waals surface area contributed by atoms with Crippen LogP contribution in [0.25, 0.3) is 0 Å². The number of benzene rings is 1. The first-order valence-corrected chi connectivity index (χ1v) is 11.7. The molecule has 0 bridgehead atoms. The minimum atomic E-state index is -3.91. The lowest BCUT2D eigenvalue weighted by molar-refractivity contribution is 0.594. The van der Waals surface area contributed by atoms with Crippen molar-refractivity contribution < 1.29 is 16.8 Å². The molecule has 4 N–H and O–H groups in total. The van der Waals surface area contributed by atoms with E-state index in [1.165, 1.54) is 12.4 Å². The zero-order valence-corrected chi connectivity index (χ0v) is 16.8. The minimum absolute atomic E-state index is 0.132. The van der Waals surface area contributed by atoms with Crippen LogP contribution in [0.1, 0.15) is 11.1 Å². The largest absolute Gasteiger partial charge is 0.267 e. The summed E-state index contributed by atoms with van der Waals surface area (Å²) in [6, 6.07) is 6.99. The van der Waals surface area contributed by atoms with Gasteiger partial charge in [-0.1, -0.05) is 40.9 Å². The van der Waals surface area contributed by atoms with Gasteiger partial charge in [-0.25, -0.2) is 37.1 Å². The van der Waals surface area contributed by atoms with Gasteiger partial charge in [-0.15, -0.1) is 20.4 Å². The highest BCUT2D eigenvalue weighted by molar-refractivity contribution is 7.91. The maximum Gasteiger partial charge on any atom is 0.267 e. The summed E-state index contributed by atoms with van der Waals surface area (Å²) in [6.07, 6.45) is 2.93. The van der Waals surface area contributed by atoms with Crippen LogP contribution in [-0.2, 0) is 20.0 Å². The summed E-state index contributed by atoms with van der Waals surface area (Å²) >= 11 is 1.48. The number of rotatable bonds is 6. The van der Waals surface area contributed by atoms with E-state index in [0.717, 1.165) is 22.7 Å². The van der Waals surface area contributed by atoms with Gasteiger partial charge in [0.15, 0.2) is 0 Å². The summed E-state index contributed by atoms with van der Waals surface area (Å²) in [5, 5.41) is 24.4. The number of aromatic nitrogens is 4. The van der Waals surface area contributed by atoms with Crippen LogP contribution in [0.15, 0.2) is 42.9 Å². The molecule has 28 heavy (non-hydrogen) atoms. The third kappa shape index (κ3) is 5.27. The minimum Gasteiger partial charge on any atom is -0.226 e. The van der Waals surface area contributed by atoms with Crippen molar-refractivity contribution in [3.8, 4) is 0 Å². The molecule has 0 saturated carbocycles. The first-order chi connectivity index (χ1) is 13.1. The summed E-state index contributed by atoms with van der Waals surface area (Å²) in [6.45, 7) is 0. The van der Waals surface area contributed by atoms with Gasteiger partial charge in [0.2, 0.25) is 18.9 Å². The highest BCUT2D eigenvalue weighted by Gasteiger charge is 2.15. The van der Waals surface area contributed by atoms with Crippen LogP contribution in [0, 0.1) is 0 Å². The van der Waals surface area contributed by atoms with E-state index in [2.05, 4.69) is 30.4 Å². The van der Waals surface area contributed by atoms with Crippen LogP contribution in [-0.4, -0.2) is 49.7 Å². The summed E-state index contributed by atoms with van der Waals surface area (Å²) in [7, 11) is -7.83. The Hall–Kier alpha value is -2.50. The van der Waals surface area contributed by atoms with Gasteiger partial charge >= 0.3 is 0 Å². The van der Waals surface area contributed by atoms with E-state index in [0.29, 0.717) is 11.1 Å². The molecule has 3 aromatic rings. The molecule has 0 aliphatic carbocycles. The fourth-order valence-electron chi connectivity index (χ4n) is 1.72. The second-order valence-electron chi connectivity index (χ2n) is 4.98. The molecule has 0 amide bonds. The molecule has 1 aromatic carbocycles. The van der Waals surface area contributed by atoms with Gasteiger partial charge in [0, 0.05) is 12.4 Å². The Labute approximate surface area is 166 Å². The zero-order chi connectivity index (χ0) is 20.4. The summed E-state index contributed by atoms with van der Waals surface area (Å²) in [4.78, 5) is 8.11. The van der Waals surface area contributed by atoms with Crippen molar-refractivity contribution in [1.82, 2.24) is 20.4 Å². The first-order valence-electron chi connectivity index (χ1n) is 7.02. The molecule has 12 nitrogen and oxygen atoms in total. The molecule has 0 saturated heterocycles. The Morgan fingerprint density at radius 2 is 1.21 bits per heavy atom. The Kier molecular flexibility index (Phi) is 5.68. The molecular formula is C12H10N8O4S4. The van der Waals surface area contributed by atoms with Crippen molar-refractivity contribution in [2.75, 3.05) is 0 Å². The predicted octanol–water partition coefficient (Wildman–Crippen LogP) is 0.186. The van der Waals surface area contributed by atoms with Crippen LogP contribution in [0.3, 0.4) is 0 Å². The van der Waals surface area contributed by atoms with Gasteiger partial charge in [0.1, 0.15) is 0 Å². The number of primary sulfonamides is 2. The molecule has 0 aliphatic rings. The van der Waals surface area contributed by atoms with E-state index in [1.54, 1.807) is 24.3 Å². The molecule has 0 spiro atoms. The maximum atomic E-state index is 11.2. The highest BCUT2D eigenvalue weighted by atomic mass is 32.3. The van der Waals surface area contributed by atoms with E-state index in [4.69, 9.17) is 10.3 Å². The number of nitrogens with two attached hydrogens (primary N) is 2. The van der Waals surface area contributed by atoms with Gasteiger partial charge in [-0.3, -0.25) is 0 Å². The molecule has 0 unspecified atom stereocenters. The monoisotopic (exact) mass is 458 g/mol. The van der Waals surface area contributed by atoms with Crippen molar-refractivity contribution in [3.63, 3.8) is 0 Å². The van der Waals surface area contributed by atoms with Crippen LogP contribution >= 0.6 is 22.7 Å². The Morgan fingerprint density at radius 1 is 0.786 bits per heavy atom. The van der Waals surface area contributed by atoms with E-state index < -0.39 is 20.0 Å². The fraction of sp³-hybridized carbons (Fsp3) is 0. The van der Waals surface area contributed by atoms with E-state index in [9.17, 15) is 16.8 Å². The Morgan fingerprint density at radius 3 is 1.57 bits per heavy atom. The number of sulfonamides is 2. The number of hydrogen-bond acceptors (Lipinski definition) is 12. The maximum absolute atomic E-state index is 11.2. The van der Waals surface area contributed by atoms with Crippen LogP contribution in [0.4, 0.5) is 10.3 Å². The number of hydrogen-bond donors (Lipinski definition) is 2. The fourth-order valence-corrected chi connectivity index (χ4v) is 4.25. The average molecular weight is 459 g/mol. The standard InChI is InChI=1S/C12H10N8O4S4/c13-27(21,22)11-19-17-9(25-11)15-5-7-2-1-3-8(4-7)6-16-10-18-20-12(26-10)28(14,23)24/h1-6H,(H2,13,21,22)(H2,14,23,24). The second kappa shape index (κ2) is 7.86. The number of nitrogens with zero attached hydrogens (tertiary/aromatic N) is 6.